The lowest BCUT2D eigenvalue weighted by Crippen LogP contribution is -2.47. The van der Waals surface area contributed by atoms with Crippen LogP contribution >= 0.6 is 0 Å². The summed E-state index contributed by atoms with van der Waals surface area (Å²) in [7, 11) is 0. The molecule has 0 radical (unpaired) electrons. The first kappa shape index (κ1) is 20.5. The van der Waals surface area contributed by atoms with E-state index in [1.54, 1.807) is 6.07 Å². The predicted octanol–water partition coefficient (Wildman–Crippen LogP) is 4.75. The van der Waals surface area contributed by atoms with Gasteiger partial charge in [-0.3, -0.25) is 9.88 Å². The van der Waals surface area contributed by atoms with Crippen molar-refractivity contribution in [3.05, 3.63) is 71.8 Å². The van der Waals surface area contributed by atoms with Crippen LogP contribution in [0.1, 0.15) is 24.4 Å². The molecular formula is C24H23F2N5O. The number of benzene rings is 2. The quantitative estimate of drug-likeness (QED) is 0.461. The number of aryl methyl sites for hydroxylation is 1. The molecule has 2 aromatic heterocycles. The van der Waals surface area contributed by atoms with Crippen molar-refractivity contribution in [2.45, 2.75) is 19.9 Å². The smallest absolute Gasteiger partial charge is 0.244 e. The average molecular weight is 435 g/mol. The van der Waals surface area contributed by atoms with Gasteiger partial charge in [0.15, 0.2) is 0 Å². The van der Waals surface area contributed by atoms with E-state index >= 15 is 0 Å². The highest BCUT2D eigenvalue weighted by molar-refractivity contribution is 5.92. The van der Waals surface area contributed by atoms with Gasteiger partial charge in [0, 0.05) is 37.9 Å². The lowest BCUT2D eigenvalue weighted by Gasteiger charge is -2.38. The monoisotopic (exact) mass is 435 g/mol. The van der Waals surface area contributed by atoms with Gasteiger partial charge in [0.05, 0.1) is 17.1 Å². The largest absolute Gasteiger partial charge is 0.368 e. The van der Waals surface area contributed by atoms with E-state index in [9.17, 15) is 8.78 Å². The molecule has 0 spiro atoms. The van der Waals surface area contributed by atoms with Crippen LogP contribution in [0.4, 0.5) is 14.5 Å². The molecule has 6 nitrogen and oxygen atoms in total. The minimum absolute atomic E-state index is 0.0489. The first-order chi connectivity index (χ1) is 15.5. The van der Waals surface area contributed by atoms with E-state index in [-0.39, 0.29) is 16.9 Å². The molecule has 4 aromatic rings. The second-order valence-electron chi connectivity index (χ2n) is 8.10. The summed E-state index contributed by atoms with van der Waals surface area (Å²) in [6, 6.07) is 12.0. The maximum Gasteiger partial charge on any atom is 0.244 e. The minimum atomic E-state index is -0.517. The third kappa shape index (κ3) is 3.71. The molecule has 1 aliphatic heterocycles. The fourth-order valence-electron chi connectivity index (χ4n) is 4.17. The maximum atomic E-state index is 14.5. The van der Waals surface area contributed by atoms with Crippen molar-refractivity contribution in [2.75, 3.05) is 31.1 Å². The van der Waals surface area contributed by atoms with Gasteiger partial charge in [-0.25, -0.2) is 8.78 Å². The number of aromatic nitrogens is 3. The predicted molar refractivity (Wildman–Crippen MR) is 118 cm³/mol. The summed E-state index contributed by atoms with van der Waals surface area (Å²) in [5.74, 6) is 0.161. The zero-order valence-corrected chi connectivity index (χ0v) is 17.9. The molecule has 164 valence electrons. The number of piperazine rings is 1. The summed E-state index contributed by atoms with van der Waals surface area (Å²) in [6.07, 6.45) is 1.53. The van der Waals surface area contributed by atoms with Crippen LogP contribution in [-0.4, -0.2) is 46.2 Å². The molecular weight excluding hydrogens is 412 g/mol. The third-order valence-electron chi connectivity index (χ3n) is 6.08. The molecule has 1 atom stereocenters. The molecule has 1 saturated heterocycles. The van der Waals surface area contributed by atoms with Gasteiger partial charge >= 0.3 is 0 Å². The van der Waals surface area contributed by atoms with Gasteiger partial charge in [-0.2, -0.15) is 4.98 Å². The highest BCUT2D eigenvalue weighted by Gasteiger charge is 2.27. The van der Waals surface area contributed by atoms with E-state index in [0.717, 1.165) is 30.8 Å². The third-order valence-corrected chi connectivity index (χ3v) is 6.08. The van der Waals surface area contributed by atoms with Gasteiger partial charge in [-0.15, -0.1) is 0 Å². The number of nitrogens with zero attached hydrogens (tertiary/aromatic N) is 5. The summed E-state index contributed by atoms with van der Waals surface area (Å²) in [6.45, 7) is 6.86. The Labute approximate surface area is 184 Å². The van der Waals surface area contributed by atoms with Gasteiger partial charge in [-0.05, 0) is 32.0 Å². The number of halogens is 2. The fourth-order valence-corrected chi connectivity index (χ4v) is 4.17. The van der Waals surface area contributed by atoms with Crippen LogP contribution in [0.15, 0.2) is 53.2 Å². The van der Waals surface area contributed by atoms with Crippen LogP contribution < -0.4 is 4.90 Å². The van der Waals surface area contributed by atoms with Gasteiger partial charge in [0.1, 0.15) is 17.2 Å². The fraction of sp³-hybridized carbons (Fsp3) is 0.292. The molecule has 32 heavy (non-hydrogen) atoms. The molecule has 1 aliphatic rings. The lowest BCUT2D eigenvalue weighted by atomic mass is 10.1. The number of fused-ring (bicyclic) bond motifs is 1. The minimum Gasteiger partial charge on any atom is -0.368 e. The summed E-state index contributed by atoms with van der Waals surface area (Å²) in [4.78, 5) is 12.9. The molecule has 0 amide bonds. The molecule has 0 bridgehead atoms. The van der Waals surface area contributed by atoms with E-state index in [4.69, 9.17) is 4.52 Å². The molecule has 0 N–H and O–H groups in total. The molecule has 0 aliphatic carbocycles. The van der Waals surface area contributed by atoms with Crippen molar-refractivity contribution >= 4 is 16.6 Å². The van der Waals surface area contributed by atoms with E-state index in [0.29, 0.717) is 30.5 Å². The van der Waals surface area contributed by atoms with E-state index < -0.39 is 11.6 Å². The van der Waals surface area contributed by atoms with Crippen LogP contribution in [0.25, 0.3) is 22.3 Å². The van der Waals surface area contributed by atoms with Crippen molar-refractivity contribution in [1.82, 2.24) is 20.0 Å². The zero-order valence-electron chi connectivity index (χ0n) is 17.9. The Balaban J connectivity index is 1.31. The number of hydrogen-bond donors (Lipinski definition) is 0. The molecule has 8 heteroatoms. The standard InChI is InChI=1S/C24H23F2N5O/c1-15-3-5-17(6-4-15)23-28-24(32-29-23)16(2)30-11-13-31(14-12-30)20-9-10-27-22-19(26)8-7-18(25)21(20)22/h3-10,16H,11-14H2,1-2H3. The van der Waals surface area contributed by atoms with Crippen molar-refractivity contribution < 1.29 is 13.3 Å². The molecule has 1 fully saturated rings. The van der Waals surface area contributed by atoms with Gasteiger partial charge in [0.25, 0.3) is 0 Å². The summed E-state index contributed by atoms with van der Waals surface area (Å²) in [5, 5.41) is 4.37. The van der Waals surface area contributed by atoms with Gasteiger partial charge in [-0.1, -0.05) is 35.0 Å². The Hall–Kier alpha value is -3.39. The first-order valence-corrected chi connectivity index (χ1v) is 10.6. The first-order valence-electron chi connectivity index (χ1n) is 10.6. The van der Waals surface area contributed by atoms with Gasteiger partial charge < -0.3 is 9.42 Å². The average Bonchev–Trinajstić information content (AvgIpc) is 3.32. The van der Waals surface area contributed by atoms with Crippen molar-refractivity contribution in [2.24, 2.45) is 0 Å². The lowest BCUT2D eigenvalue weighted by molar-refractivity contribution is 0.164. The Morgan fingerprint density at radius 3 is 2.41 bits per heavy atom. The van der Waals surface area contributed by atoms with Crippen LogP contribution in [0, 0.1) is 18.6 Å². The van der Waals surface area contributed by atoms with Crippen LogP contribution in [0.3, 0.4) is 0 Å². The summed E-state index contributed by atoms with van der Waals surface area (Å²) in [5.41, 5.74) is 2.82. The van der Waals surface area contributed by atoms with E-state index in [2.05, 4.69) is 24.9 Å². The summed E-state index contributed by atoms with van der Waals surface area (Å²) < 4.78 is 34.2. The number of hydrogen-bond acceptors (Lipinski definition) is 6. The molecule has 1 unspecified atom stereocenters. The second-order valence-corrected chi connectivity index (χ2v) is 8.10. The Kier molecular flexibility index (Phi) is 5.30. The Bertz CT molecular complexity index is 1250. The Morgan fingerprint density at radius 2 is 1.66 bits per heavy atom. The normalized spacial score (nSPS) is 15.9. The number of anilines is 1. The molecule has 3 heterocycles. The van der Waals surface area contributed by atoms with Gasteiger partial charge in [0.2, 0.25) is 11.7 Å². The van der Waals surface area contributed by atoms with Crippen LogP contribution in [0.2, 0.25) is 0 Å². The topological polar surface area (TPSA) is 58.3 Å². The van der Waals surface area contributed by atoms with Crippen LogP contribution in [0.5, 0.6) is 0 Å². The van der Waals surface area contributed by atoms with E-state index in [1.807, 2.05) is 38.1 Å². The van der Waals surface area contributed by atoms with Crippen molar-refractivity contribution in [1.29, 1.82) is 0 Å². The molecule has 2 aromatic carbocycles. The van der Waals surface area contributed by atoms with Crippen molar-refractivity contribution in [3.8, 4) is 11.4 Å². The van der Waals surface area contributed by atoms with Crippen molar-refractivity contribution in [3.63, 3.8) is 0 Å². The van der Waals surface area contributed by atoms with Crippen LogP contribution in [-0.2, 0) is 0 Å². The zero-order chi connectivity index (χ0) is 22.2. The highest BCUT2D eigenvalue weighted by Crippen LogP contribution is 2.31. The summed E-state index contributed by atoms with van der Waals surface area (Å²) >= 11 is 0. The molecule has 0 saturated carbocycles. The maximum absolute atomic E-state index is 14.5. The number of rotatable bonds is 4. The van der Waals surface area contributed by atoms with E-state index in [1.165, 1.54) is 11.8 Å². The number of pyridine rings is 1. The Morgan fingerprint density at radius 1 is 0.938 bits per heavy atom. The molecule has 5 rings (SSSR count). The second kappa shape index (κ2) is 8.27. The highest BCUT2D eigenvalue weighted by atomic mass is 19.1. The SMILES string of the molecule is Cc1ccc(-c2noc(C(C)N3CCN(c4ccnc5c(F)ccc(F)c45)CC3)n2)cc1.